The first kappa shape index (κ1) is 12.2. The number of carbonyl (C=O) groups is 2. The summed E-state index contributed by atoms with van der Waals surface area (Å²) >= 11 is 0. The number of esters is 1. The molecule has 0 aliphatic carbocycles. The normalized spacial score (nSPS) is 10.8. The number of hydrogen-bond donors (Lipinski definition) is 2. The van der Waals surface area contributed by atoms with E-state index in [2.05, 4.69) is 14.7 Å². The van der Waals surface area contributed by atoms with Gasteiger partial charge in [0.15, 0.2) is 5.69 Å². The van der Waals surface area contributed by atoms with E-state index in [4.69, 9.17) is 0 Å². The third-order valence-electron chi connectivity index (χ3n) is 3.09. The highest BCUT2D eigenvalue weighted by Gasteiger charge is 2.19. The fraction of sp³-hybridized carbons (Fsp3) is 0.0714. The Morgan fingerprint density at radius 3 is 2.70 bits per heavy atom. The van der Waals surface area contributed by atoms with Crippen LogP contribution >= 0.6 is 0 Å². The number of hydrogen-bond acceptors (Lipinski definition) is 4. The molecule has 2 heterocycles. The number of methoxy groups -OCH3 is 1. The molecule has 2 N–H and O–H groups in total. The lowest BCUT2D eigenvalue weighted by atomic mass is 10.1. The van der Waals surface area contributed by atoms with Crippen molar-refractivity contribution in [2.24, 2.45) is 0 Å². The van der Waals surface area contributed by atoms with Gasteiger partial charge in [-0.3, -0.25) is 0 Å². The summed E-state index contributed by atoms with van der Waals surface area (Å²) in [7, 11) is 1.23. The second-order valence-corrected chi connectivity index (χ2v) is 4.25. The highest BCUT2D eigenvalue weighted by Crippen LogP contribution is 2.27. The summed E-state index contributed by atoms with van der Waals surface area (Å²) in [6, 6.07) is 8.90. The summed E-state index contributed by atoms with van der Waals surface area (Å²) in [5, 5.41) is 10.7. The van der Waals surface area contributed by atoms with Crippen LogP contribution in [0.25, 0.3) is 21.8 Å². The van der Waals surface area contributed by atoms with Crippen LogP contribution < -0.4 is 0 Å². The van der Waals surface area contributed by atoms with Crippen LogP contribution in [0, 0.1) is 0 Å². The van der Waals surface area contributed by atoms with E-state index < -0.39 is 11.9 Å². The molecule has 0 fully saturated rings. The van der Waals surface area contributed by atoms with E-state index in [-0.39, 0.29) is 11.4 Å². The van der Waals surface area contributed by atoms with E-state index in [0.29, 0.717) is 10.9 Å². The van der Waals surface area contributed by atoms with Gasteiger partial charge < -0.3 is 14.8 Å². The van der Waals surface area contributed by atoms with E-state index in [1.165, 1.54) is 13.2 Å². The molecule has 0 saturated carbocycles. The predicted molar refractivity (Wildman–Crippen MR) is 71.9 cm³/mol. The lowest BCUT2D eigenvalue weighted by molar-refractivity contribution is 0.0594. The quantitative estimate of drug-likeness (QED) is 0.696. The van der Waals surface area contributed by atoms with Gasteiger partial charge in [-0.15, -0.1) is 0 Å². The summed E-state index contributed by atoms with van der Waals surface area (Å²) in [5.41, 5.74) is 0.960. The maximum absolute atomic E-state index is 11.6. The minimum Gasteiger partial charge on any atom is -0.476 e. The molecule has 100 valence electrons. The number of rotatable bonds is 2. The Morgan fingerprint density at radius 2 is 2.00 bits per heavy atom. The topological polar surface area (TPSA) is 92.3 Å². The molecule has 0 aliphatic heterocycles. The van der Waals surface area contributed by atoms with Gasteiger partial charge in [-0.25, -0.2) is 14.6 Å². The predicted octanol–water partition coefficient (Wildman–Crippen LogP) is 2.20. The Balaban J connectivity index is 2.45. The SMILES string of the molecule is COC(=O)c1cc2c([nH]c3ccccc32)c(C(=O)O)n1. The summed E-state index contributed by atoms with van der Waals surface area (Å²) in [4.78, 5) is 29.8. The first-order valence-corrected chi connectivity index (χ1v) is 5.85. The number of carboxylic acids is 1. The van der Waals surface area contributed by atoms with E-state index >= 15 is 0 Å². The standard InChI is InChI=1S/C14H10N2O4/c1-20-14(19)10-6-8-7-4-2-3-5-9(7)15-11(8)12(16-10)13(17)18/h2-6,15H,1H3,(H,17,18). The van der Waals surface area contributed by atoms with Gasteiger partial charge in [-0.1, -0.05) is 18.2 Å². The number of carboxylic acid groups (broad SMARTS) is 1. The molecule has 0 spiro atoms. The van der Waals surface area contributed by atoms with Gasteiger partial charge in [-0.05, 0) is 12.1 Å². The molecule has 0 bridgehead atoms. The molecular formula is C14H10N2O4. The molecule has 0 aliphatic rings. The largest absolute Gasteiger partial charge is 0.476 e. The smallest absolute Gasteiger partial charge is 0.356 e. The first-order chi connectivity index (χ1) is 9.61. The van der Waals surface area contributed by atoms with Gasteiger partial charge in [0.05, 0.1) is 12.6 Å². The second-order valence-electron chi connectivity index (χ2n) is 4.25. The van der Waals surface area contributed by atoms with Crippen molar-refractivity contribution in [3.8, 4) is 0 Å². The lowest BCUT2D eigenvalue weighted by Crippen LogP contribution is -2.09. The van der Waals surface area contributed by atoms with Crippen LogP contribution in [0.5, 0.6) is 0 Å². The maximum atomic E-state index is 11.6. The van der Waals surface area contributed by atoms with E-state index in [1.807, 2.05) is 24.3 Å². The van der Waals surface area contributed by atoms with Crippen LogP contribution in [0.2, 0.25) is 0 Å². The van der Waals surface area contributed by atoms with Crippen molar-refractivity contribution >= 4 is 33.7 Å². The summed E-state index contributed by atoms with van der Waals surface area (Å²) in [5.74, 6) is -1.87. The van der Waals surface area contributed by atoms with Gasteiger partial charge >= 0.3 is 11.9 Å². The number of H-pyrrole nitrogens is 1. The van der Waals surface area contributed by atoms with E-state index in [9.17, 15) is 14.7 Å². The van der Waals surface area contributed by atoms with Crippen LogP contribution in [0.4, 0.5) is 0 Å². The molecule has 1 aromatic carbocycles. The number of para-hydroxylation sites is 1. The fourth-order valence-corrected chi connectivity index (χ4v) is 2.21. The van der Waals surface area contributed by atoms with Gasteiger partial charge in [0, 0.05) is 16.3 Å². The van der Waals surface area contributed by atoms with Crippen molar-refractivity contribution in [2.75, 3.05) is 7.11 Å². The molecule has 20 heavy (non-hydrogen) atoms. The Labute approximate surface area is 113 Å². The number of aromatic carboxylic acids is 1. The molecule has 0 saturated heterocycles. The highest BCUT2D eigenvalue weighted by atomic mass is 16.5. The molecule has 2 aromatic heterocycles. The van der Waals surface area contributed by atoms with Gasteiger partial charge in [-0.2, -0.15) is 0 Å². The number of carbonyl (C=O) groups excluding carboxylic acids is 1. The van der Waals surface area contributed by atoms with Crippen molar-refractivity contribution in [2.45, 2.75) is 0 Å². The number of ether oxygens (including phenoxy) is 1. The summed E-state index contributed by atoms with van der Waals surface area (Å²) in [6.45, 7) is 0. The fourth-order valence-electron chi connectivity index (χ4n) is 2.21. The molecule has 3 aromatic rings. The van der Waals surface area contributed by atoms with Crippen molar-refractivity contribution < 1.29 is 19.4 Å². The number of nitrogens with one attached hydrogen (secondary N) is 1. The van der Waals surface area contributed by atoms with Gasteiger partial charge in [0.1, 0.15) is 5.69 Å². The van der Waals surface area contributed by atoms with Gasteiger partial charge in [0.25, 0.3) is 0 Å². The molecule has 0 radical (unpaired) electrons. The summed E-state index contributed by atoms with van der Waals surface area (Å²) < 4.78 is 4.60. The zero-order chi connectivity index (χ0) is 14.3. The maximum Gasteiger partial charge on any atom is 0.356 e. The molecule has 6 nitrogen and oxygen atoms in total. The van der Waals surface area contributed by atoms with E-state index in [0.717, 1.165) is 10.9 Å². The minimum absolute atomic E-state index is 0.0258. The number of benzene rings is 1. The number of aromatic amines is 1. The van der Waals surface area contributed by atoms with Crippen LogP contribution in [0.15, 0.2) is 30.3 Å². The Bertz CT molecular complexity index is 851. The van der Waals surface area contributed by atoms with Crippen LogP contribution in [-0.4, -0.2) is 34.1 Å². The zero-order valence-corrected chi connectivity index (χ0v) is 10.5. The number of fused-ring (bicyclic) bond motifs is 3. The Kier molecular flexibility index (Phi) is 2.64. The molecule has 6 heteroatoms. The van der Waals surface area contributed by atoms with Crippen molar-refractivity contribution in [1.29, 1.82) is 0 Å². The van der Waals surface area contributed by atoms with Crippen LogP contribution in [-0.2, 0) is 4.74 Å². The lowest BCUT2D eigenvalue weighted by Gasteiger charge is -2.02. The third kappa shape index (κ3) is 1.70. The van der Waals surface area contributed by atoms with Gasteiger partial charge in [0.2, 0.25) is 0 Å². The molecule has 0 unspecified atom stereocenters. The zero-order valence-electron chi connectivity index (χ0n) is 10.5. The average Bonchev–Trinajstić information content (AvgIpc) is 2.83. The Morgan fingerprint density at radius 1 is 1.25 bits per heavy atom. The van der Waals surface area contributed by atoms with E-state index in [1.54, 1.807) is 0 Å². The number of pyridine rings is 1. The molecule has 0 atom stereocenters. The van der Waals surface area contributed by atoms with Crippen LogP contribution in [0.1, 0.15) is 21.0 Å². The second kappa shape index (κ2) is 4.34. The van der Waals surface area contributed by atoms with Crippen molar-refractivity contribution in [3.05, 3.63) is 41.7 Å². The van der Waals surface area contributed by atoms with Crippen molar-refractivity contribution in [3.63, 3.8) is 0 Å². The molecular weight excluding hydrogens is 260 g/mol. The van der Waals surface area contributed by atoms with Crippen LogP contribution in [0.3, 0.4) is 0 Å². The first-order valence-electron chi connectivity index (χ1n) is 5.85. The Hall–Kier alpha value is -2.89. The number of aromatic nitrogens is 2. The molecule has 3 rings (SSSR count). The third-order valence-corrected chi connectivity index (χ3v) is 3.09. The minimum atomic E-state index is -1.20. The monoisotopic (exact) mass is 270 g/mol. The average molecular weight is 270 g/mol. The molecule has 0 amide bonds. The highest BCUT2D eigenvalue weighted by molar-refractivity contribution is 6.14. The number of nitrogens with zero attached hydrogens (tertiary/aromatic N) is 1. The van der Waals surface area contributed by atoms with Crippen molar-refractivity contribution in [1.82, 2.24) is 9.97 Å². The summed E-state index contributed by atoms with van der Waals surface area (Å²) in [6.07, 6.45) is 0.